The van der Waals surface area contributed by atoms with Gasteiger partial charge < -0.3 is 10.1 Å². The fourth-order valence-corrected chi connectivity index (χ4v) is 3.81. The number of fused-ring (bicyclic) bond motifs is 1. The Balaban J connectivity index is 1.29. The first-order valence-corrected chi connectivity index (χ1v) is 11.3. The number of amides is 1. The van der Waals surface area contributed by atoms with Crippen molar-refractivity contribution in [2.24, 2.45) is 0 Å². The second-order valence-electron chi connectivity index (χ2n) is 8.36. The van der Waals surface area contributed by atoms with Crippen LogP contribution in [0.2, 0.25) is 0 Å². The molecule has 1 aliphatic carbocycles. The van der Waals surface area contributed by atoms with Gasteiger partial charge in [-0.25, -0.2) is 14.1 Å². The summed E-state index contributed by atoms with van der Waals surface area (Å²) in [7, 11) is 0. The highest BCUT2D eigenvalue weighted by atomic mass is 19.1. The highest BCUT2D eigenvalue weighted by Crippen LogP contribution is 2.40. The Morgan fingerprint density at radius 2 is 1.82 bits per heavy atom. The molecule has 1 saturated carbocycles. The number of ether oxygens (including phenoxy) is 1. The van der Waals surface area contributed by atoms with E-state index in [1.165, 1.54) is 12.1 Å². The number of aryl methyl sites for hydroxylation is 1. The van der Waals surface area contributed by atoms with Gasteiger partial charge in [0.1, 0.15) is 17.3 Å². The molecule has 1 aliphatic rings. The van der Waals surface area contributed by atoms with Crippen LogP contribution in [0.3, 0.4) is 0 Å². The SMILES string of the molecule is CCCn1ncc2c(C(=O)NCc3ccc(Oc4ccc(F)cc4)cc3)cc(C3CC3)nc21. The molecular formula is C26H25FN4O2. The van der Waals surface area contributed by atoms with E-state index in [1.54, 1.807) is 18.3 Å². The second kappa shape index (κ2) is 9.02. The molecule has 33 heavy (non-hydrogen) atoms. The van der Waals surface area contributed by atoms with E-state index in [4.69, 9.17) is 9.72 Å². The van der Waals surface area contributed by atoms with Gasteiger partial charge in [0.15, 0.2) is 5.65 Å². The van der Waals surface area contributed by atoms with Crippen molar-refractivity contribution in [3.05, 3.63) is 83.4 Å². The van der Waals surface area contributed by atoms with E-state index in [-0.39, 0.29) is 11.7 Å². The van der Waals surface area contributed by atoms with Crippen LogP contribution in [-0.4, -0.2) is 20.7 Å². The molecule has 5 rings (SSSR count). The van der Waals surface area contributed by atoms with Crippen LogP contribution in [0.1, 0.15) is 53.7 Å². The van der Waals surface area contributed by atoms with Crippen molar-refractivity contribution in [3.8, 4) is 11.5 Å². The number of hydrogen-bond donors (Lipinski definition) is 1. The Kier molecular flexibility index (Phi) is 5.77. The molecule has 1 N–H and O–H groups in total. The zero-order chi connectivity index (χ0) is 22.8. The van der Waals surface area contributed by atoms with E-state index >= 15 is 0 Å². The van der Waals surface area contributed by atoms with Crippen LogP contribution in [0.25, 0.3) is 11.0 Å². The van der Waals surface area contributed by atoms with Crippen molar-refractivity contribution in [1.82, 2.24) is 20.1 Å². The Labute approximate surface area is 191 Å². The summed E-state index contributed by atoms with van der Waals surface area (Å²) in [5, 5.41) is 8.27. The minimum atomic E-state index is -0.304. The zero-order valence-electron chi connectivity index (χ0n) is 18.4. The number of halogens is 1. The molecule has 0 atom stereocenters. The maximum absolute atomic E-state index is 13.1. The van der Waals surface area contributed by atoms with Crippen molar-refractivity contribution in [3.63, 3.8) is 0 Å². The molecule has 2 heterocycles. The number of hydrogen-bond acceptors (Lipinski definition) is 4. The van der Waals surface area contributed by atoms with Crippen molar-refractivity contribution in [2.45, 2.75) is 45.2 Å². The van der Waals surface area contributed by atoms with Crippen molar-refractivity contribution in [2.75, 3.05) is 0 Å². The van der Waals surface area contributed by atoms with Gasteiger partial charge >= 0.3 is 0 Å². The Hall–Kier alpha value is -3.74. The predicted molar refractivity (Wildman–Crippen MR) is 124 cm³/mol. The van der Waals surface area contributed by atoms with Gasteiger partial charge in [-0.1, -0.05) is 19.1 Å². The van der Waals surface area contributed by atoms with Crippen LogP contribution in [0, 0.1) is 5.82 Å². The molecule has 2 aromatic carbocycles. The van der Waals surface area contributed by atoms with E-state index in [0.717, 1.165) is 48.1 Å². The van der Waals surface area contributed by atoms with Gasteiger partial charge in [0, 0.05) is 24.7 Å². The van der Waals surface area contributed by atoms with Crippen LogP contribution in [0.4, 0.5) is 4.39 Å². The molecule has 0 unspecified atom stereocenters. The average molecular weight is 445 g/mol. The predicted octanol–water partition coefficient (Wildman–Crippen LogP) is 5.58. The topological polar surface area (TPSA) is 69.0 Å². The maximum atomic E-state index is 13.1. The summed E-state index contributed by atoms with van der Waals surface area (Å²) in [4.78, 5) is 17.9. The first-order chi connectivity index (χ1) is 16.1. The van der Waals surface area contributed by atoms with Gasteiger partial charge in [0.05, 0.1) is 17.1 Å². The molecule has 2 aromatic heterocycles. The van der Waals surface area contributed by atoms with Gasteiger partial charge in [-0.15, -0.1) is 0 Å². The molecule has 168 valence electrons. The smallest absolute Gasteiger partial charge is 0.252 e. The lowest BCUT2D eigenvalue weighted by atomic mass is 10.1. The first kappa shape index (κ1) is 21.1. The van der Waals surface area contributed by atoms with Gasteiger partial charge in [-0.3, -0.25) is 4.79 Å². The van der Waals surface area contributed by atoms with E-state index in [2.05, 4.69) is 17.3 Å². The van der Waals surface area contributed by atoms with Crippen LogP contribution in [0.5, 0.6) is 11.5 Å². The lowest BCUT2D eigenvalue weighted by molar-refractivity contribution is 0.0952. The number of carbonyl (C=O) groups is 1. The van der Waals surface area contributed by atoms with Gasteiger partial charge in [-0.05, 0) is 67.3 Å². The number of pyridine rings is 1. The Bertz CT molecular complexity index is 1280. The third-order valence-corrected chi connectivity index (χ3v) is 5.73. The standard InChI is InChI=1S/C26H25FN4O2/c1-2-13-31-25-23(16-29-31)22(14-24(30-25)18-5-6-18)26(32)28-15-17-3-9-20(10-4-17)33-21-11-7-19(27)8-12-21/h3-4,7-12,14,16,18H,2,5-6,13,15H2,1H3,(H,28,32). The molecule has 1 amide bonds. The quantitative estimate of drug-likeness (QED) is 0.385. The Morgan fingerprint density at radius 3 is 2.48 bits per heavy atom. The number of carbonyl (C=O) groups excluding carboxylic acids is 1. The number of nitrogens with zero attached hydrogens (tertiary/aromatic N) is 3. The summed E-state index contributed by atoms with van der Waals surface area (Å²) >= 11 is 0. The highest BCUT2D eigenvalue weighted by Gasteiger charge is 2.28. The summed E-state index contributed by atoms with van der Waals surface area (Å²) in [6, 6.07) is 15.3. The number of benzene rings is 2. The molecular weight excluding hydrogens is 419 g/mol. The molecule has 6 nitrogen and oxygen atoms in total. The summed E-state index contributed by atoms with van der Waals surface area (Å²) in [5.74, 6) is 1.22. The van der Waals surface area contributed by atoms with Gasteiger partial charge in [-0.2, -0.15) is 5.10 Å². The molecule has 4 aromatic rings. The minimum absolute atomic E-state index is 0.132. The van der Waals surface area contributed by atoms with E-state index in [9.17, 15) is 9.18 Å². The second-order valence-corrected chi connectivity index (χ2v) is 8.36. The van der Waals surface area contributed by atoms with Crippen molar-refractivity contribution >= 4 is 16.9 Å². The summed E-state index contributed by atoms with van der Waals surface area (Å²) < 4.78 is 20.7. The van der Waals surface area contributed by atoms with Crippen LogP contribution in [-0.2, 0) is 13.1 Å². The fraction of sp³-hybridized carbons (Fsp3) is 0.269. The Morgan fingerprint density at radius 1 is 1.12 bits per heavy atom. The number of aromatic nitrogens is 3. The zero-order valence-corrected chi connectivity index (χ0v) is 18.4. The number of rotatable bonds is 8. The highest BCUT2D eigenvalue weighted by molar-refractivity contribution is 6.05. The fourth-order valence-electron chi connectivity index (χ4n) is 3.81. The van der Waals surface area contributed by atoms with E-state index in [0.29, 0.717) is 29.5 Å². The third kappa shape index (κ3) is 4.72. The van der Waals surface area contributed by atoms with Gasteiger partial charge in [0.25, 0.3) is 5.91 Å². The molecule has 0 aliphatic heterocycles. The van der Waals surface area contributed by atoms with Crippen LogP contribution in [0.15, 0.2) is 60.8 Å². The summed E-state index contributed by atoms with van der Waals surface area (Å²) in [6.45, 7) is 3.27. The molecule has 0 saturated heterocycles. The molecule has 0 bridgehead atoms. The lowest BCUT2D eigenvalue weighted by Crippen LogP contribution is -2.23. The summed E-state index contributed by atoms with van der Waals surface area (Å²) in [6.07, 6.45) is 4.93. The molecule has 0 radical (unpaired) electrons. The third-order valence-electron chi connectivity index (χ3n) is 5.73. The minimum Gasteiger partial charge on any atom is -0.457 e. The lowest BCUT2D eigenvalue weighted by Gasteiger charge is -2.10. The molecule has 1 fully saturated rings. The normalized spacial score (nSPS) is 13.3. The maximum Gasteiger partial charge on any atom is 0.252 e. The van der Waals surface area contributed by atoms with E-state index in [1.807, 2.05) is 35.0 Å². The number of nitrogens with one attached hydrogen (secondary N) is 1. The summed E-state index contributed by atoms with van der Waals surface area (Å²) in [5.41, 5.74) is 3.34. The van der Waals surface area contributed by atoms with Crippen molar-refractivity contribution < 1.29 is 13.9 Å². The van der Waals surface area contributed by atoms with Crippen molar-refractivity contribution in [1.29, 1.82) is 0 Å². The van der Waals surface area contributed by atoms with E-state index < -0.39 is 0 Å². The van der Waals surface area contributed by atoms with Crippen LogP contribution >= 0.6 is 0 Å². The average Bonchev–Trinajstić information content (AvgIpc) is 3.61. The molecule has 0 spiro atoms. The molecule has 7 heteroatoms. The van der Waals surface area contributed by atoms with Gasteiger partial charge in [0.2, 0.25) is 0 Å². The first-order valence-electron chi connectivity index (χ1n) is 11.3. The monoisotopic (exact) mass is 444 g/mol. The largest absolute Gasteiger partial charge is 0.457 e. The van der Waals surface area contributed by atoms with Crippen LogP contribution < -0.4 is 10.1 Å².